The lowest BCUT2D eigenvalue weighted by Gasteiger charge is -2.57. The summed E-state index contributed by atoms with van der Waals surface area (Å²) in [5.41, 5.74) is 1.30. The van der Waals surface area contributed by atoms with E-state index >= 15 is 0 Å². The molecule has 0 amide bonds. The minimum atomic E-state index is -3.05. The third-order valence-corrected chi connectivity index (χ3v) is 12.5. The van der Waals surface area contributed by atoms with E-state index in [1.807, 2.05) is 12.1 Å². The minimum absolute atomic E-state index is 0.0431. The van der Waals surface area contributed by atoms with Crippen LogP contribution >= 0.6 is 0 Å². The third kappa shape index (κ3) is 6.04. The van der Waals surface area contributed by atoms with Crippen molar-refractivity contribution in [2.24, 2.45) is 23.7 Å². The van der Waals surface area contributed by atoms with Crippen LogP contribution in [0.3, 0.4) is 0 Å². The van der Waals surface area contributed by atoms with E-state index in [1.54, 1.807) is 0 Å². The number of nitrogens with zero attached hydrogens (tertiary/aromatic N) is 1. The first-order valence-corrected chi connectivity index (χ1v) is 17.1. The van der Waals surface area contributed by atoms with Crippen LogP contribution in [0.1, 0.15) is 82.1 Å². The second kappa shape index (κ2) is 10.9. The zero-order valence-corrected chi connectivity index (χ0v) is 24.1. The second-order valence-electron chi connectivity index (χ2n) is 13.4. The molecule has 1 aliphatic heterocycles. The number of hydrogen-bond acceptors (Lipinski definition) is 7. The first-order valence-electron chi connectivity index (χ1n) is 15.2. The lowest BCUT2D eigenvalue weighted by Crippen LogP contribution is -2.59. The van der Waals surface area contributed by atoms with Gasteiger partial charge in [-0.1, -0.05) is 12.1 Å². The average Bonchev–Trinajstić information content (AvgIpc) is 2.91. The van der Waals surface area contributed by atoms with Crippen molar-refractivity contribution in [2.45, 2.75) is 93.7 Å². The van der Waals surface area contributed by atoms with Crippen molar-refractivity contribution in [3.8, 4) is 5.75 Å². The van der Waals surface area contributed by atoms with Gasteiger partial charge in [-0.15, -0.1) is 0 Å². The first-order chi connectivity index (χ1) is 18.6. The molecule has 1 aromatic carbocycles. The Bertz CT molecular complexity index is 1060. The second-order valence-corrected chi connectivity index (χ2v) is 15.7. The van der Waals surface area contributed by atoms with Gasteiger partial charge in [-0.3, -0.25) is 0 Å². The standard InChI is InChI=1S/C30H46NO7S/c1-39(34,35)29-10-12-31(33,13-11-29)14-15-36-27-6-2-23(3-7-27)24-4-8-28(9-5-24)37-38-30(32)25-17-21-16-22(19-25)20-26(30)18-21/h2-3,6-7,21-22,24-26,28-29,32-33H,4-5,8-20H2,1H3/q+1. The highest BCUT2D eigenvalue weighted by Gasteiger charge is 2.58. The van der Waals surface area contributed by atoms with Crippen molar-refractivity contribution in [1.82, 2.24) is 0 Å². The van der Waals surface area contributed by atoms with Gasteiger partial charge in [-0.2, -0.15) is 4.65 Å². The number of hydrogen-bond donors (Lipinski definition) is 2. The number of rotatable bonds is 9. The quantitative estimate of drug-likeness (QED) is 0.196. The molecule has 0 unspecified atom stereocenters. The molecule has 0 spiro atoms. The largest absolute Gasteiger partial charge is 0.488 e. The predicted octanol–water partition coefficient (Wildman–Crippen LogP) is 4.60. The summed E-state index contributed by atoms with van der Waals surface area (Å²) in [6.45, 7) is 1.72. The molecule has 6 aliphatic rings. The number of aliphatic hydroxyl groups is 1. The highest BCUT2D eigenvalue weighted by molar-refractivity contribution is 7.91. The van der Waals surface area contributed by atoms with Gasteiger partial charge in [-0.05, 0) is 93.2 Å². The van der Waals surface area contributed by atoms with Crippen LogP contribution in [0.4, 0.5) is 0 Å². The van der Waals surface area contributed by atoms with Crippen molar-refractivity contribution in [3.05, 3.63) is 29.8 Å². The third-order valence-electron chi connectivity index (χ3n) is 10.8. The van der Waals surface area contributed by atoms with Gasteiger partial charge in [0.1, 0.15) is 32.0 Å². The summed E-state index contributed by atoms with van der Waals surface area (Å²) in [6.07, 6.45) is 11.9. The fourth-order valence-corrected chi connectivity index (χ4v) is 9.55. The molecule has 0 atom stereocenters. The summed E-state index contributed by atoms with van der Waals surface area (Å²) in [6, 6.07) is 8.27. The molecule has 0 aromatic heterocycles. The van der Waals surface area contributed by atoms with Crippen molar-refractivity contribution in [2.75, 3.05) is 32.5 Å². The fraction of sp³-hybridized carbons (Fsp3) is 0.800. The van der Waals surface area contributed by atoms with Gasteiger partial charge in [0.2, 0.25) is 5.79 Å². The van der Waals surface area contributed by atoms with Gasteiger partial charge >= 0.3 is 0 Å². The monoisotopic (exact) mass is 564 g/mol. The topological polar surface area (TPSA) is 102 Å². The van der Waals surface area contributed by atoms with Crippen LogP contribution < -0.4 is 4.74 Å². The Balaban J connectivity index is 0.919. The Hall–Kier alpha value is -1.23. The molecule has 5 aliphatic carbocycles. The van der Waals surface area contributed by atoms with Crippen LogP contribution in [-0.4, -0.2) is 73.0 Å². The fourth-order valence-electron chi connectivity index (χ4n) is 8.48. The number of sulfone groups is 1. The number of benzene rings is 1. The molecular formula is C30H46NO7S+. The summed E-state index contributed by atoms with van der Waals surface area (Å²) >= 11 is 0. The molecule has 218 valence electrons. The van der Waals surface area contributed by atoms with Crippen LogP contribution in [-0.2, 0) is 19.6 Å². The van der Waals surface area contributed by atoms with Gasteiger partial charge < -0.3 is 9.84 Å². The van der Waals surface area contributed by atoms with Gasteiger partial charge in [0, 0.05) is 30.9 Å². The summed E-state index contributed by atoms with van der Waals surface area (Å²) < 4.78 is 29.3. The van der Waals surface area contributed by atoms with Gasteiger partial charge in [0.25, 0.3) is 0 Å². The number of quaternary nitrogens is 1. The van der Waals surface area contributed by atoms with Crippen molar-refractivity contribution >= 4 is 9.84 Å². The molecular weight excluding hydrogens is 518 g/mol. The first kappa shape index (κ1) is 27.9. The summed E-state index contributed by atoms with van der Waals surface area (Å²) in [7, 11) is -3.05. The van der Waals surface area contributed by atoms with Gasteiger partial charge in [0.05, 0.1) is 11.4 Å². The van der Waals surface area contributed by atoms with E-state index < -0.39 is 15.6 Å². The highest BCUT2D eigenvalue weighted by Crippen LogP contribution is 2.58. The average molecular weight is 565 g/mol. The van der Waals surface area contributed by atoms with Crippen LogP contribution in [0.2, 0.25) is 0 Å². The normalized spacial score (nSPS) is 42.0. The van der Waals surface area contributed by atoms with E-state index in [-0.39, 0.29) is 27.8 Å². The van der Waals surface area contributed by atoms with Gasteiger partial charge in [0.15, 0.2) is 9.84 Å². The molecule has 39 heavy (non-hydrogen) atoms. The molecule has 7 rings (SSSR count). The molecule has 1 saturated heterocycles. The van der Waals surface area contributed by atoms with E-state index in [9.17, 15) is 18.7 Å². The van der Waals surface area contributed by atoms with Crippen molar-refractivity contribution in [3.63, 3.8) is 0 Å². The van der Waals surface area contributed by atoms with Gasteiger partial charge in [-0.25, -0.2) is 23.4 Å². The van der Waals surface area contributed by atoms with E-state index in [2.05, 4.69) is 12.1 Å². The number of piperidine rings is 1. The Morgan fingerprint density at radius 2 is 1.49 bits per heavy atom. The summed E-state index contributed by atoms with van der Waals surface area (Å²) in [4.78, 5) is 11.8. The molecule has 1 heterocycles. The smallest absolute Gasteiger partial charge is 0.204 e. The molecule has 0 radical (unpaired) electrons. The summed E-state index contributed by atoms with van der Waals surface area (Å²) in [5.74, 6) is 2.22. The molecule has 8 nitrogen and oxygen atoms in total. The van der Waals surface area contributed by atoms with Crippen LogP contribution in [0, 0.1) is 23.7 Å². The maximum atomic E-state index is 11.8. The molecule has 1 aromatic rings. The lowest BCUT2D eigenvalue weighted by atomic mass is 9.53. The maximum Gasteiger partial charge on any atom is 0.204 e. The Kier molecular flexibility index (Phi) is 7.79. The lowest BCUT2D eigenvalue weighted by molar-refractivity contribution is -1.10. The number of hydroxylamine groups is 3. The predicted molar refractivity (Wildman–Crippen MR) is 146 cm³/mol. The van der Waals surface area contributed by atoms with Crippen LogP contribution in [0.25, 0.3) is 0 Å². The van der Waals surface area contributed by atoms with E-state index in [0.29, 0.717) is 45.0 Å². The van der Waals surface area contributed by atoms with E-state index in [1.165, 1.54) is 18.2 Å². The Labute approximate surface area is 233 Å². The zero-order valence-electron chi connectivity index (χ0n) is 23.2. The molecule has 4 bridgehead atoms. The van der Waals surface area contributed by atoms with Crippen molar-refractivity contribution in [1.29, 1.82) is 0 Å². The van der Waals surface area contributed by atoms with Crippen LogP contribution in [0.15, 0.2) is 24.3 Å². The maximum absolute atomic E-state index is 11.8. The zero-order chi connectivity index (χ0) is 27.3. The molecule has 2 N–H and O–H groups in total. The minimum Gasteiger partial charge on any atom is -0.488 e. The summed E-state index contributed by atoms with van der Waals surface area (Å²) in [5, 5.41) is 21.8. The Morgan fingerprint density at radius 3 is 2.05 bits per heavy atom. The van der Waals surface area contributed by atoms with E-state index in [4.69, 9.17) is 14.5 Å². The SMILES string of the molecule is CS(=O)(=O)C1CC[N+](O)(CCOc2ccc(C3CCC(OOC4(O)C5CC6CC(C5)CC4C6)CC3)cc2)CC1. The number of likely N-dealkylation sites (tertiary alicyclic amines) is 1. The van der Waals surface area contributed by atoms with Crippen LogP contribution in [0.5, 0.6) is 5.75 Å². The number of ether oxygens (including phenoxy) is 1. The molecule has 5 saturated carbocycles. The Morgan fingerprint density at radius 1 is 0.897 bits per heavy atom. The van der Waals surface area contributed by atoms with Crippen molar-refractivity contribution < 1.29 is 37.9 Å². The highest BCUT2D eigenvalue weighted by atomic mass is 32.2. The van der Waals surface area contributed by atoms with E-state index in [0.717, 1.165) is 69.0 Å². The molecule has 6 fully saturated rings. The molecule has 9 heteroatoms.